The highest BCUT2D eigenvalue weighted by Gasteiger charge is 2.07. The summed E-state index contributed by atoms with van der Waals surface area (Å²) in [6.45, 7) is 4.53. The zero-order chi connectivity index (χ0) is 14.4. The van der Waals surface area contributed by atoms with Crippen LogP contribution in [0.1, 0.15) is 28.2 Å². The van der Waals surface area contributed by atoms with Gasteiger partial charge in [0.2, 0.25) is 0 Å². The van der Waals surface area contributed by atoms with E-state index in [9.17, 15) is 4.79 Å². The second-order valence-corrected chi connectivity index (χ2v) is 4.71. The van der Waals surface area contributed by atoms with Gasteiger partial charge in [-0.15, -0.1) is 0 Å². The van der Waals surface area contributed by atoms with Gasteiger partial charge >= 0.3 is 0 Å². The highest BCUT2D eigenvalue weighted by molar-refractivity contribution is 5.89. The van der Waals surface area contributed by atoms with Crippen molar-refractivity contribution < 1.29 is 4.79 Å². The van der Waals surface area contributed by atoms with Crippen molar-refractivity contribution in [2.45, 2.75) is 26.4 Å². The number of nitrogens with two attached hydrogens (primary N) is 1. The van der Waals surface area contributed by atoms with E-state index in [0.717, 1.165) is 19.5 Å². The molecule has 1 amide bonds. The lowest BCUT2D eigenvalue weighted by Crippen LogP contribution is -2.20. The summed E-state index contributed by atoms with van der Waals surface area (Å²) in [7, 11) is 0. The highest BCUT2D eigenvalue weighted by atomic mass is 16.1. The number of carbonyl (C=O) groups is 1. The van der Waals surface area contributed by atoms with Crippen LogP contribution in [-0.4, -0.2) is 22.0 Å². The third kappa shape index (κ3) is 3.68. The number of primary amides is 1. The smallest absolute Gasteiger partial charge is 0.284 e. The SMILES string of the molecule is Cc1ccccc1CNCCCn1c[c]nc1C(N)=O. The number of hydrogen-bond donors (Lipinski definition) is 2. The molecule has 5 nitrogen and oxygen atoms in total. The van der Waals surface area contributed by atoms with Crippen LogP contribution in [0.2, 0.25) is 0 Å². The van der Waals surface area contributed by atoms with Crippen molar-refractivity contribution in [3.8, 4) is 0 Å². The molecule has 2 rings (SSSR count). The molecule has 0 fully saturated rings. The maximum atomic E-state index is 11.1. The fourth-order valence-corrected chi connectivity index (χ4v) is 2.06. The van der Waals surface area contributed by atoms with Crippen molar-refractivity contribution in [3.05, 3.63) is 53.6 Å². The number of aryl methyl sites for hydroxylation is 2. The number of carbonyl (C=O) groups excluding carboxylic acids is 1. The van der Waals surface area contributed by atoms with Crippen molar-refractivity contribution in [2.24, 2.45) is 5.73 Å². The summed E-state index contributed by atoms with van der Waals surface area (Å²) in [4.78, 5) is 14.9. The van der Waals surface area contributed by atoms with E-state index in [1.807, 2.05) is 12.1 Å². The summed E-state index contributed by atoms with van der Waals surface area (Å²) >= 11 is 0. The molecular formula is C15H19N4O. The molecule has 0 atom stereocenters. The Morgan fingerprint density at radius 2 is 2.25 bits per heavy atom. The monoisotopic (exact) mass is 271 g/mol. The predicted molar refractivity (Wildman–Crippen MR) is 77.1 cm³/mol. The standard InChI is InChI=1S/C15H19N4O/c1-12-5-2-3-6-13(12)11-17-7-4-9-19-10-8-18-15(19)14(16)20/h2-3,5-6,10,17H,4,7,9,11H2,1H3,(H2,16,20). The zero-order valence-electron chi connectivity index (χ0n) is 11.6. The average molecular weight is 271 g/mol. The van der Waals surface area contributed by atoms with Crippen LogP contribution in [0.4, 0.5) is 0 Å². The zero-order valence-corrected chi connectivity index (χ0v) is 11.6. The van der Waals surface area contributed by atoms with Crippen LogP contribution in [0.5, 0.6) is 0 Å². The first-order valence-corrected chi connectivity index (χ1v) is 6.66. The van der Waals surface area contributed by atoms with Gasteiger partial charge in [0.15, 0.2) is 5.82 Å². The van der Waals surface area contributed by atoms with E-state index in [2.05, 4.69) is 35.6 Å². The molecule has 1 aromatic heterocycles. The van der Waals surface area contributed by atoms with Gasteiger partial charge < -0.3 is 15.6 Å². The quantitative estimate of drug-likeness (QED) is 0.745. The molecular weight excluding hydrogens is 252 g/mol. The largest absolute Gasteiger partial charge is 0.363 e. The van der Waals surface area contributed by atoms with Crippen molar-refractivity contribution in [1.29, 1.82) is 0 Å². The Kier molecular flexibility index (Phi) is 4.90. The number of imidazole rings is 1. The van der Waals surface area contributed by atoms with E-state index in [0.29, 0.717) is 6.54 Å². The van der Waals surface area contributed by atoms with Gasteiger partial charge in [-0.05, 0) is 31.0 Å². The van der Waals surface area contributed by atoms with Crippen LogP contribution < -0.4 is 11.1 Å². The van der Waals surface area contributed by atoms with Crippen molar-refractivity contribution >= 4 is 5.91 Å². The molecule has 1 radical (unpaired) electrons. The summed E-state index contributed by atoms with van der Waals surface area (Å²) in [6.07, 6.45) is 5.20. The molecule has 0 saturated carbocycles. The Balaban J connectivity index is 1.73. The van der Waals surface area contributed by atoms with E-state index in [4.69, 9.17) is 5.73 Å². The van der Waals surface area contributed by atoms with Gasteiger partial charge in [0, 0.05) is 19.3 Å². The van der Waals surface area contributed by atoms with Crippen LogP contribution in [0.15, 0.2) is 30.5 Å². The number of aromatic nitrogens is 2. The molecule has 0 spiro atoms. The number of nitrogens with zero attached hydrogens (tertiary/aromatic N) is 2. The fourth-order valence-electron chi connectivity index (χ4n) is 2.06. The highest BCUT2D eigenvalue weighted by Crippen LogP contribution is 2.06. The lowest BCUT2D eigenvalue weighted by atomic mass is 10.1. The average Bonchev–Trinajstić information content (AvgIpc) is 2.89. The minimum absolute atomic E-state index is 0.268. The molecule has 2 aromatic rings. The van der Waals surface area contributed by atoms with Gasteiger partial charge in [0.1, 0.15) is 6.20 Å². The topological polar surface area (TPSA) is 72.9 Å². The molecule has 0 unspecified atom stereocenters. The summed E-state index contributed by atoms with van der Waals surface area (Å²) in [5, 5.41) is 3.39. The molecule has 1 aromatic carbocycles. The van der Waals surface area contributed by atoms with E-state index < -0.39 is 5.91 Å². The summed E-state index contributed by atoms with van der Waals surface area (Å²) in [5.41, 5.74) is 7.82. The van der Waals surface area contributed by atoms with Crippen LogP contribution >= 0.6 is 0 Å². The van der Waals surface area contributed by atoms with E-state index in [1.165, 1.54) is 11.1 Å². The molecule has 20 heavy (non-hydrogen) atoms. The molecule has 1 heterocycles. The Morgan fingerprint density at radius 1 is 1.45 bits per heavy atom. The third-order valence-corrected chi connectivity index (χ3v) is 3.21. The van der Waals surface area contributed by atoms with Gasteiger partial charge in [0.05, 0.1) is 0 Å². The predicted octanol–water partition coefficient (Wildman–Crippen LogP) is 1.27. The van der Waals surface area contributed by atoms with Gasteiger partial charge in [-0.25, -0.2) is 4.98 Å². The molecule has 105 valence electrons. The first kappa shape index (κ1) is 14.3. The number of rotatable bonds is 7. The number of nitrogens with one attached hydrogen (secondary N) is 1. The van der Waals surface area contributed by atoms with Crippen LogP contribution in [-0.2, 0) is 13.1 Å². The van der Waals surface area contributed by atoms with Crippen LogP contribution in [0, 0.1) is 13.1 Å². The Bertz CT molecular complexity index is 577. The molecule has 0 aliphatic rings. The van der Waals surface area contributed by atoms with Gasteiger partial charge in [-0.3, -0.25) is 4.79 Å². The second-order valence-electron chi connectivity index (χ2n) is 4.71. The minimum atomic E-state index is -0.515. The van der Waals surface area contributed by atoms with E-state index in [1.54, 1.807) is 10.8 Å². The molecule has 0 bridgehead atoms. The van der Waals surface area contributed by atoms with Gasteiger partial charge in [0.25, 0.3) is 5.91 Å². The summed E-state index contributed by atoms with van der Waals surface area (Å²) in [5.74, 6) is -0.247. The minimum Gasteiger partial charge on any atom is -0.363 e. The first-order chi connectivity index (χ1) is 9.68. The lowest BCUT2D eigenvalue weighted by molar-refractivity contribution is 0.0986. The Morgan fingerprint density at radius 3 is 3.00 bits per heavy atom. The number of benzene rings is 1. The van der Waals surface area contributed by atoms with Crippen molar-refractivity contribution in [1.82, 2.24) is 14.9 Å². The molecule has 0 aliphatic heterocycles. The summed E-state index contributed by atoms with van der Waals surface area (Å²) < 4.78 is 1.73. The second kappa shape index (κ2) is 6.86. The van der Waals surface area contributed by atoms with Gasteiger partial charge in [-0.1, -0.05) is 24.3 Å². The third-order valence-electron chi connectivity index (χ3n) is 3.21. The van der Waals surface area contributed by atoms with Crippen LogP contribution in [0.25, 0.3) is 0 Å². The normalized spacial score (nSPS) is 10.7. The lowest BCUT2D eigenvalue weighted by Gasteiger charge is -2.08. The number of hydrogen-bond acceptors (Lipinski definition) is 3. The number of amides is 1. The maximum Gasteiger partial charge on any atom is 0.284 e. The first-order valence-electron chi connectivity index (χ1n) is 6.66. The Labute approximate surface area is 118 Å². The van der Waals surface area contributed by atoms with E-state index >= 15 is 0 Å². The van der Waals surface area contributed by atoms with Crippen LogP contribution in [0.3, 0.4) is 0 Å². The van der Waals surface area contributed by atoms with E-state index in [-0.39, 0.29) is 5.82 Å². The molecule has 0 saturated heterocycles. The van der Waals surface area contributed by atoms with Crippen molar-refractivity contribution in [3.63, 3.8) is 0 Å². The molecule has 5 heteroatoms. The van der Waals surface area contributed by atoms with Crippen molar-refractivity contribution in [2.75, 3.05) is 6.54 Å². The Hall–Kier alpha value is -2.14. The molecule has 3 N–H and O–H groups in total. The summed E-state index contributed by atoms with van der Waals surface area (Å²) in [6, 6.07) is 8.32. The molecule has 0 aliphatic carbocycles. The fraction of sp³-hybridized carbons (Fsp3) is 0.333. The van der Waals surface area contributed by atoms with Gasteiger partial charge in [-0.2, -0.15) is 0 Å². The maximum absolute atomic E-state index is 11.1.